The highest BCUT2D eigenvalue weighted by Crippen LogP contribution is 2.46. The zero-order valence-corrected chi connectivity index (χ0v) is 30.7. The number of thiophene rings is 1. The number of fused-ring (bicyclic) bond motifs is 3. The molecule has 5 aromatic rings. The average molecular weight is 766 g/mol. The summed E-state index contributed by atoms with van der Waals surface area (Å²) in [7, 11) is 4.79. The molecule has 2 N–H and O–H groups in total. The van der Waals surface area contributed by atoms with Crippen LogP contribution in [0.4, 0.5) is 24.0 Å². The summed E-state index contributed by atoms with van der Waals surface area (Å²) in [6.45, 7) is 1.41. The highest BCUT2D eigenvalue weighted by molar-refractivity contribution is 7.23. The van der Waals surface area contributed by atoms with E-state index in [1.54, 1.807) is 19.0 Å². The van der Waals surface area contributed by atoms with Crippen molar-refractivity contribution in [2.75, 3.05) is 51.0 Å². The molecule has 5 heterocycles. The van der Waals surface area contributed by atoms with Gasteiger partial charge in [-0.15, -0.1) is 11.3 Å². The Morgan fingerprint density at radius 2 is 2.06 bits per heavy atom. The lowest BCUT2D eigenvalue weighted by atomic mass is 9.95. The first-order valence-electron chi connectivity index (χ1n) is 16.9. The van der Waals surface area contributed by atoms with Crippen LogP contribution in [0.5, 0.6) is 6.01 Å². The van der Waals surface area contributed by atoms with E-state index in [0.29, 0.717) is 19.4 Å². The molecule has 0 unspecified atom stereocenters. The molecule has 0 spiro atoms. The maximum atomic E-state index is 17.0. The third-order valence-electron chi connectivity index (χ3n) is 10.1. The predicted molar refractivity (Wildman–Crippen MR) is 196 cm³/mol. The maximum Gasteiger partial charge on any atom is 0.319 e. The van der Waals surface area contributed by atoms with Crippen LogP contribution < -0.4 is 15.4 Å². The summed E-state index contributed by atoms with van der Waals surface area (Å²) in [5, 5.41) is 14.3. The molecule has 0 bridgehead atoms. The van der Waals surface area contributed by atoms with Gasteiger partial charge in [0.25, 0.3) is 5.91 Å². The Balaban J connectivity index is 1.24. The molecule has 12 nitrogen and oxygen atoms in total. The van der Waals surface area contributed by atoms with Gasteiger partial charge in [0.05, 0.1) is 32.6 Å². The van der Waals surface area contributed by atoms with Crippen molar-refractivity contribution >= 4 is 66.6 Å². The Hall–Kier alpha value is -4.98. The lowest BCUT2D eigenvalue weighted by molar-refractivity contribution is -0.127. The fourth-order valence-electron chi connectivity index (χ4n) is 7.50. The second kappa shape index (κ2) is 14.1. The summed E-state index contributed by atoms with van der Waals surface area (Å²) >= 11 is 7.69. The van der Waals surface area contributed by atoms with Crippen molar-refractivity contribution in [3.05, 3.63) is 58.4 Å². The van der Waals surface area contributed by atoms with Crippen molar-refractivity contribution < 1.29 is 27.5 Å². The van der Waals surface area contributed by atoms with Gasteiger partial charge in [-0.3, -0.25) is 24.1 Å². The Bertz CT molecular complexity index is 2330. The number of ether oxygens (including phenoxy) is 1. The van der Waals surface area contributed by atoms with Gasteiger partial charge in [0.2, 0.25) is 5.91 Å². The van der Waals surface area contributed by atoms with E-state index in [1.165, 1.54) is 36.3 Å². The number of nitrogens with two attached hydrogens (primary N) is 1. The average Bonchev–Trinajstić information content (AvgIpc) is 3.89. The number of hydrogen-bond acceptors (Lipinski definition) is 11. The first-order chi connectivity index (χ1) is 25.3. The minimum Gasteiger partial charge on any atom is -0.461 e. The summed E-state index contributed by atoms with van der Waals surface area (Å²) in [6.07, 6.45) is 4.18. The van der Waals surface area contributed by atoms with Crippen molar-refractivity contribution in [1.29, 1.82) is 5.26 Å². The summed E-state index contributed by atoms with van der Waals surface area (Å²) in [6, 6.07) is 5.86. The Morgan fingerprint density at radius 1 is 1.26 bits per heavy atom. The zero-order chi connectivity index (χ0) is 37.8. The summed E-state index contributed by atoms with van der Waals surface area (Å²) in [4.78, 5) is 39.7. The van der Waals surface area contributed by atoms with Gasteiger partial charge in [-0.2, -0.15) is 20.3 Å². The molecule has 0 aliphatic carbocycles. The number of hydrogen-bond donors (Lipinski definition) is 1. The molecule has 2 fully saturated rings. The number of nitrogens with zero attached hydrogens (tertiary/aromatic N) is 8. The number of imide groups is 1. The number of amides is 2. The van der Waals surface area contributed by atoms with Crippen LogP contribution in [-0.2, 0) is 11.8 Å². The minimum absolute atomic E-state index is 0.00706. The molecular weight excluding hydrogens is 731 g/mol. The standard InChI is InChI=1S/C36H35ClF3N9O3S/c1-46(10-4-6-26(50)48(3)34(51)19-15-43-47(2)16-19)33-22-12-24(37)28(21-7-8-25(39)31-27(21)23(14-41)32(42)53-31)29(40)30(22)44-35(45-33)52-18-36-9-5-11-49(36)17-20(38)13-36/h7-8,12,15-16,20H,4-6,9-11,13,17-18,42H2,1-3H3/t20-,36+/m1/s1. The highest BCUT2D eigenvalue weighted by atomic mass is 35.5. The van der Waals surface area contributed by atoms with Gasteiger partial charge in [-0.05, 0) is 43.5 Å². The molecule has 3 aromatic heterocycles. The molecule has 2 saturated heterocycles. The first kappa shape index (κ1) is 36.4. The van der Waals surface area contributed by atoms with Crippen molar-refractivity contribution in [3.63, 3.8) is 0 Å². The van der Waals surface area contributed by atoms with Gasteiger partial charge in [0, 0.05) is 69.6 Å². The smallest absolute Gasteiger partial charge is 0.319 e. The van der Waals surface area contributed by atoms with Gasteiger partial charge in [-0.1, -0.05) is 17.7 Å². The maximum absolute atomic E-state index is 17.0. The number of rotatable bonds is 10. The Labute approximate surface area is 311 Å². The summed E-state index contributed by atoms with van der Waals surface area (Å²) in [5.74, 6) is -2.10. The topological polar surface area (TPSA) is 146 Å². The lowest BCUT2D eigenvalue weighted by Gasteiger charge is -2.31. The van der Waals surface area contributed by atoms with Gasteiger partial charge < -0.3 is 15.4 Å². The molecule has 53 heavy (non-hydrogen) atoms. The number of nitriles is 1. The molecule has 276 valence electrons. The molecule has 17 heteroatoms. The fraction of sp³-hybridized carbons (Fsp3) is 0.389. The second-order valence-corrected chi connectivity index (χ2v) is 15.0. The van der Waals surface area contributed by atoms with E-state index in [-0.39, 0.29) is 84.7 Å². The monoisotopic (exact) mass is 765 g/mol. The van der Waals surface area contributed by atoms with Gasteiger partial charge in [0.1, 0.15) is 41.0 Å². The first-order valence-corrected chi connectivity index (χ1v) is 18.1. The van der Waals surface area contributed by atoms with Crippen LogP contribution >= 0.6 is 22.9 Å². The van der Waals surface area contributed by atoms with Gasteiger partial charge >= 0.3 is 6.01 Å². The van der Waals surface area contributed by atoms with Crippen molar-refractivity contribution in [2.24, 2.45) is 7.05 Å². The van der Waals surface area contributed by atoms with E-state index < -0.39 is 35.2 Å². The molecule has 2 aliphatic heterocycles. The van der Waals surface area contributed by atoms with Crippen molar-refractivity contribution in [3.8, 4) is 23.2 Å². The number of benzene rings is 2. The normalized spacial score (nSPS) is 18.4. The number of alkyl halides is 1. The fourth-order valence-corrected chi connectivity index (χ4v) is 8.74. The van der Waals surface area contributed by atoms with Crippen LogP contribution in [0.1, 0.15) is 48.0 Å². The molecule has 2 aliphatic rings. The van der Waals surface area contributed by atoms with Gasteiger partial charge in [0.15, 0.2) is 5.82 Å². The lowest BCUT2D eigenvalue weighted by Crippen LogP contribution is -2.43. The molecular formula is C36H35ClF3N9O3S. The van der Waals surface area contributed by atoms with E-state index in [1.807, 2.05) is 6.07 Å². The zero-order valence-electron chi connectivity index (χ0n) is 29.1. The molecule has 2 amide bonds. The molecule has 7 rings (SSSR count). The number of aromatic nitrogens is 4. The van der Waals surface area contributed by atoms with Crippen LogP contribution in [0.2, 0.25) is 5.02 Å². The molecule has 0 saturated carbocycles. The molecule has 0 radical (unpaired) electrons. The largest absolute Gasteiger partial charge is 0.461 e. The van der Waals surface area contributed by atoms with Crippen LogP contribution in [0, 0.1) is 23.0 Å². The summed E-state index contributed by atoms with van der Waals surface area (Å²) in [5.41, 5.74) is 5.72. The SMILES string of the molecule is CN(C(=O)CCCN(C)c1nc(OC[C@@]23CCCN2C[C@H](F)C3)nc2c(F)c(-c3ccc(F)c4sc(N)c(C#N)c34)c(Cl)cc12)C(=O)c1cnn(C)c1. The predicted octanol–water partition coefficient (Wildman–Crippen LogP) is 6.10. The van der Waals surface area contributed by atoms with Gasteiger partial charge in [-0.25, -0.2) is 13.2 Å². The number of nitrogen functional groups attached to an aromatic ring is 1. The summed E-state index contributed by atoms with van der Waals surface area (Å²) < 4.78 is 54.2. The van der Waals surface area contributed by atoms with E-state index in [2.05, 4.69) is 20.0 Å². The molecule has 2 atom stereocenters. The number of carbonyl (C=O) groups excluding carboxylic acids is 2. The number of carbonyl (C=O) groups is 2. The Morgan fingerprint density at radius 3 is 2.79 bits per heavy atom. The highest BCUT2D eigenvalue weighted by Gasteiger charge is 2.49. The third kappa shape index (κ3) is 6.51. The molecule has 2 aromatic carbocycles. The van der Waals surface area contributed by atoms with E-state index in [4.69, 9.17) is 22.1 Å². The second-order valence-electron chi connectivity index (χ2n) is 13.6. The van der Waals surface area contributed by atoms with Crippen LogP contribution in [0.3, 0.4) is 0 Å². The number of anilines is 2. The number of aryl methyl sites for hydroxylation is 1. The third-order valence-corrected chi connectivity index (χ3v) is 11.5. The van der Waals surface area contributed by atoms with Crippen LogP contribution in [0.25, 0.3) is 32.1 Å². The van der Waals surface area contributed by atoms with Crippen LogP contribution in [-0.4, -0.2) is 93.4 Å². The van der Waals surface area contributed by atoms with E-state index >= 15 is 4.39 Å². The van der Waals surface area contributed by atoms with E-state index in [9.17, 15) is 23.6 Å². The van der Waals surface area contributed by atoms with E-state index in [0.717, 1.165) is 41.7 Å². The number of halogens is 4. The van der Waals surface area contributed by atoms with Crippen LogP contribution in [0.15, 0.2) is 30.6 Å². The van der Waals surface area contributed by atoms with Crippen molar-refractivity contribution in [2.45, 2.75) is 43.8 Å². The quantitative estimate of drug-likeness (QED) is 0.177. The minimum atomic E-state index is -0.987. The van der Waals surface area contributed by atoms with Crippen molar-refractivity contribution in [1.82, 2.24) is 29.5 Å². The Kier molecular flexibility index (Phi) is 9.68.